The van der Waals surface area contributed by atoms with Crippen molar-refractivity contribution in [3.8, 4) is 10.6 Å². The highest BCUT2D eigenvalue weighted by molar-refractivity contribution is 7.15. The van der Waals surface area contributed by atoms with Gasteiger partial charge in [-0.2, -0.15) is 0 Å². The Bertz CT molecular complexity index is 451. The average molecular weight is 206 g/mol. The van der Waals surface area contributed by atoms with Crippen LogP contribution in [0.5, 0.6) is 0 Å². The van der Waals surface area contributed by atoms with Gasteiger partial charge < -0.3 is 10.3 Å². The van der Waals surface area contributed by atoms with Crippen LogP contribution < -0.4 is 5.73 Å². The van der Waals surface area contributed by atoms with Crippen molar-refractivity contribution in [3.05, 3.63) is 22.6 Å². The first kappa shape index (κ1) is 8.05. The van der Waals surface area contributed by atoms with Crippen molar-refractivity contribution in [2.45, 2.75) is 19.3 Å². The summed E-state index contributed by atoms with van der Waals surface area (Å²) in [5.74, 6) is 0.383. The van der Waals surface area contributed by atoms with Crippen molar-refractivity contribution in [2.75, 3.05) is 5.73 Å². The molecule has 2 N–H and O–H groups in total. The van der Waals surface area contributed by atoms with Gasteiger partial charge in [0.2, 0.25) is 5.88 Å². The van der Waals surface area contributed by atoms with Gasteiger partial charge in [0, 0.05) is 10.9 Å². The van der Waals surface area contributed by atoms with Gasteiger partial charge in [-0.15, -0.1) is 11.3 Å². The standard InChI is InChI=1S/C10H10N2OS/c11-10-5-7(12-13-10)9-4-6-2-1-3-8(6)14-9/h4-5H,1-3,11H2. The molecule has 4 heteroatoms. The van der Waals surface area contributed by atoms with Gasteiger partial charge in [0.15, 0.2) is 0 Å². The third-order valence-corrected chi connectivity index (χ3v) is 3.79. The number of anilines is 1. The molecule has 1 aliphatic carbocycles. The molecule has 1 aliphatic rings. The van der Waals surface area contributed by atoms with Crippen molar-refractivity contribution in [1.29, 1.82) is 0 Å². The third kappa shape index (κ3) is 1.14. The molecule has 0 fully saturated rings. The molecule has 0 amide bonds. The number of fused-ring (bicyclic) bond motifs is 1. The normalized spacial score (nSPS) is 14.6. The Hall–Kier alpha value is -1.29. The molecule has 3 rings (SSSR count). The lowest BCUT2D eigenvalue weighted by atomic mass is 10.2. The minimum atomic E-state index is 0.383. The van der Waals surface area contributed by atoms with Crippen molar-refractivity contribution in [2.24, 2.45) is 0 Å². The molecule has 0 bridgehead atoms. The van der Waals surface area contributed by atoms with E-state index in [1.54, 1.807) is 6.07 Å². The molecular formula is C10H10N2OS. The van der Waals surface area contributed by atoms with E-state index in [0.29, 0.717) is 5.88 Å². The largest absolute Gasteiger partial charge is 0.368 e. The second-order valence-corrected chi connectivity index (χ2v) is 4.66. The molecule has 3 nitrogen and oxygen atoms in total. The zero-order valence-corrected chi connectivity index (χ0v) is 8.43. The summed E-state index contributed by atoms with van der Waals surface area (Å²) >= 11 is 1.81. The number of aromatic nitrogens is 1. The van der Waals surface area contributed by atoms with E-state index >= 15 is 0 Å². The van der Waals surface area contributed by atoms with E-state index in [-0.39, 0.29) is 0 Å². The zero-order valence-electron chi connectivity index (χ0n) is 7.62. The van der Waals surface area contributed by atoms with Gasteiger partial charge in [0.05, 0.1) is 4.88 Å². The molecule has 0 spiro atoms. The number of aryl methyl sites for hydroxylation is 2. The molecule has 0 saturated heterocycles. The van der Waals surface area contributed by atoms with Crippen LogP contribution in [0.25, 0.3) is 10.6 Å². The van der Waals surface area contributed by atoms with Crippen molar-refractivity contribution < 1.29 is 4.52 Å². The number of nitrogens with zero attached hydrogens (tertiary/aromatic N) is 1. The lowest BCUT2D eigenvalue weighted by Gasteiger charge is -1.87. The molecule has 0 aromatic carbocycles. The maximum absolute atomic E-state index is 5.48. The van der Waals surface area contributed by atoms with Crippen molar-refractivity contribution in [3.63, 3.8) is 0 Å². The van der Waals surface area contributed by atoms with Crippen molar-refractivity contribution >= 4 is 17.2 Å². The first-order valence-electron chi connectivity index (χ1n) is 4.67. The van der Waals surface area contributed by atoms with Crippen LogP contribution in [0.4, 0.5) is 5.88 Å². The molecule has 0 atom stereocenters. The van der Waals surface area contributed by atoms with Gasteiger partial charge in [0.25, 0.3) is 0 Å². The Kier molecular flexibility index (Phi) is 1.64. The number of hydrogen-bond donors (Lipinski definition) is 1. The average Bonchev–Trinajstić information content (AvgIpc) is 2.75. The molecule has 2 heterocycles. The fraction of sp³-hybridized carbons (Fsp3) is 0.300. The monoisotopic (exact) mass is 206 g/mol. The summed E-state index contributed by atoms with van der Waals surface area (Å²) in [6.45, 7) is 0. The molecule has 14 heavy (non-hydrogen) atoms. The predicted molar refractivity (Wildman–Crippen MR) is 56.3 cm³/mol. The highest BCUT2D eigenvalue weighted by atomic mass is 32.1. The second-order valence-electron chi connectivity index (χ2n) is 3.53. The van der Waals surface area contributed by atoms with Gasteiger partial charge in [-0.25, -0.2) is 0 Å². The van der Waals surface area contributed by atoms with Crippen LogP contribution in [0.2, 0.25) is 0 Å². The number of hydrogen-bond acceptors (Lipinski definition) is 4. The van der Waals surface area contributed by atoms with Gasteiger partial charge in [-0.3, -0.25) is 0 Å². The van der Waals surface area contributed by atoms with Crippen LogP contribution in [0, 0.1) is 0 Å². The summed E-state index contributed by atoms with van der Waals surface area (Å²) in [5, 5.41) is 3.91. The molecule has 2 aromatic rings. The minimum absolute atomic E-state index is 0.383. The maximum Gasteiger partial charge on any atom is 0.222 e. The number of nitrogen functional groups attached to an aromatic ring is 1. The molecule has 2 aromatic heterocycles. The lowest BCUT2D eigenvalue weighted by molar-refractivity contribution is 0.439. The lowest BCUT2D eigenvalue weighted by Crippen LogP contribution is -1.76. The maximum atomic E-state index is 5.48. The summed E-state index contributed by atoms with van der Waals surface area (Å²) in [6, 6.07) is 3.99. The minimum Gasteiger partial charge on any atom is -0.368 e. The highest BCUT2D eigenvalue weighted by Crippen LogP contribution is 2.36. The fourth-order valence-corrected chi connectivity index (χ4v) is 3.07. The van der Waals surface area contributed by atoms with Crippen LogP contribution >= 0.6 is 11.3 Å². The molecular weight excluding hydrogens is 196 g/mol. The molecule has 0 aliphatic heterocycles. The predicted octanol–water partition coefficient (Wildman–Crippen LogP) is 2.47. The summed E-state index contributed by atoms with van der Waals surface area (Å²) in [6.07, 6.45) is 3.72. The summed E-state index contributed by atoms with van der Waals surface area (Å²) in [5.41, 5.74) is 7.82. The quantitative estimate of drug-likeness (QED) is 0.779. The summed E-state index contributed by atoms with van der Waals surface area (Å²) in [4.78, 5) is 2.68. The Morgan fingerprint density at radius 2 is 2.29 bits per heavy atom. The number of rotatable bonds is 1. The van der Waals surface area contributed by atoms with E-state index in [1.165, 1.54) is 34.6 Å². The zero-order chi connectivity index (χ0) is 9.54. The van der Waals surface area contributed by atoms with E-state index in [2.05, 4.69) is 11.2 Å². The first-order valence-corrected chi connectivity index (χ1v) is 5.49. The SMILES string of the molecule is Nc1cc(-c2cc3c(s2)CCC3)no1. The van der Waals surface area contributed by atoms with Crippen LogP contribution in [-0.4, -0.2) is 5.16 Å². The summed E-state index contributed by atoms with van der Waals surface area (Å²) < 4.78 is 4.85. The van der Waals surface area contributed by atoms with Gasteiger partial charge in [0.1, 0.15) is 5.69 Å². The highest BCUT2D eigenvalue weighted by Gasteiger charge is 2.16. The van der Waals surface area contributed by atoms with Gasteiger partial charge in [-0.1, -0.05) is 5.16 Å². The fourth-order valence-electron chi connectivity index (χ4n) is 1.86. The van der Waals surface area contributed by atoms with Crippen LogP contribution in [0.3, 0.4) is 0 Å². The van der Waals surface area contributed by atoms with Crippen LogP contribution in [0.15, 0.2) is 16.7 Å². The van der Waals surface area contributed by atoms with E-state index in [0.717, 1.165) is 5.69 Å². The van der Waals surface area contributed by atoms with E-state index in [9.17, 15) is 0 Å². The molecule has 0 unspecified atom stereocenters. The van der Waals surface area contributed by atoms with Crippen LogP contribution in [-0.2, 0) is 12.8 Å². The smallest absolute Gasteiger partial charge is 0.222 e. The molecule has 0 saturated carbocycles. The Balaban J connectivity index is 2.05. The Morgan fingerprint density at radius 1 is 1.36 bits per heavy atom. The number of thiophene rings is 1. The topological polar surface area (TPSA) is 52.0 Å². The molecule has 72 valence electrons. The number of nitrogens with two attached hydrogens (primary N) is 1. The second kappa shape index (κ2) is 2.85. The third-order valence-electron chi connectivity index (χ3n) is 2.53. The van der Waals surface area contributed by atoms with Gasteiger partial charge in [-0.05, 0) is 30.9 Å². The van der Waals surface area contributed by atoms with E-state index in [1.807, 2.05) is 11.3 Å². The van der Waals surface area contributed by atoms with E-state index in [4.69, 9.17) is 10.3 Å². The summed E-state index contributed by atoms with van der Waals surface area (Å²) in [7, 11) is 0. The Morgan fingerprint density at radius 3 is 3.00 bits per heavy atom. The molecule has 0 radical (unpaired) electrons. The van der Waals surface area contributed by atoms with E-state index < -0.39 is 0 Å². The Labute approximate surface area is 85.5 Å². The van der Waals surface area contributed by atoms with Crippen LogP contribution in [0.1, 0.15) is 16.9 Å². The van der Waals surface area contributed by atoms with Crippen molar-refractivity contribution in [1.82, 2.24) is 5.16 Å². The first-order chi connectivity index (χ1) is 6.83. The van der Waals surface area contributed by atoms with Gasteiger partial charge >= 0.3 is 0 Å².